The van der Waals surface area contributed by atoms with Crippen molar-refractivity contribution >= 4 is 17.8 Å². The molecule has 3 N–H and O–H groups in total. The number of hydrogen-bond donors (Lipinski definition) is 3. The summed E-state index contributed by atoms with van der Waals surface area (Å²) in [4.78, 5) is 35.9. The van der Waals surface area contributed by atoms with Crippen molar-refractivity contribution in [3.05, 3.63) is 60.2 Å². The van der Waals surface area contributed by atoms with Gasteiger partial charge in [0, 0.05) is 17.5 Å². The zero-order valence-electron chi connectivity index (χ0n) is 16.4. The van der Waals surface area contributed by atoms with E-state index in [9.17, 15) is 14.4 Å². The fourth-order valence-electron chi connectivity index (χ4n) is 2.68. The Balaban J connectivity index is 2.11. The Hall–Kier alpha value is -3.15. The summed E-state index contributed by atoms with van der Waals surface area (Å²) in [6.45, 7) is 5.47. The number of nitrogens with one attached hydrogen (secondary N) is 2. The maximum atomic E-state index is 12.6. The lowest BCUT2D eigenvalue weighted by atomic mass is 10.0. The van der Waals surface area contributed by atoms with Crippen molar-refractivity contribution < 1.29 is 19.5 Å². The van der Waals surface area contributed by atoms with Crippen molar-refractivity contribution in [1.29, 1.82) is 0 Å². The zero-order chi connectivity index (χ0) is 20.7. The maximum Gasteiger partial charge on any atom is 0.303 e. The topological polar surface area (TPSA) is 95.5 Å². The van der Waals surface area contributed by atoms with E-state index >= 15 is 0 Å². The highest BCUT2D eigenvalue weighted by Crippen LogP contribution is 2.19. The van der Waals surface area contributed by atoms with Gasteiger partial charge in [0.15, 0.2) is 0 Å². The summed E-state index contributed by atoms with van der Waals surface area (Å²) in [6, 6.07) is 15.9. The third-order valence-electron chi connectivity index (χ3n) is 4.02. The lowest BCUT2D eigenvalue weighted by molar-refractivity contribution is -0.137. The van der Waals surface area contributed by atoms with Crippen LogP contribution in [-0.2, 0) is 9.59 Å². The van der Waals surface area contributed by atoms with Crippen LogP contribution in [0.15, 0.2) is 54.6 Å². The Bertz CT molecular complexity index is 824. The van der Waals surface area contributed by atoms with Crippen molar-refractivity contribution in [3.8, 4) is 11.1 Å². The molecule has 0 saturated carbocycles. The molecule has 0 aromatic heterocycles. The number of aliphatic carboxylic acids is 1. The predicted octanol–water partition coefficient (Wildman–Crippen LogP) is 3.23. The van der Waals surface area contributed by atoms with Crippen LogP contribution < -0.4 is 10.6 Å². The molecule has 0 aliphatic rings. The van der Waals surface area contributed by atoms with E-state index in [1.807, 2.05) is 63.2 Å². The third-order valence-corrected chi connectivity index (χ3v) is 4.02. The molecule has 0 heterocycles. The zero-order valence-corrected chi connectivity index (χ0v) is 16.4. The van der Waals surface area contributed by atoms with Gasteiger partial charge in [-0.2, -0.15) is 0 Å². The Morgan fingerprint density at radius 1 is 0.929 bits per heavy atom. The molecule has 0 radical (unpaired) electrons. The molecule has 2 aromatic rings. The molecule has 2 amide bonds. The van der Waals surface area contributed by atoms with Gasteiger partial charge in [0.1, 0.15) is 6.04 Å². The Morgan fingerprint density at radius 2 is 1.50 bits per heavy atom. The molecule has 148 valence electrons. The Kier molecular flexibility index (Phi) is 6.93. The van der Waals surface area contributed by atoms with Crippen LogP contribution in [0.2, 0.25) is 0 Å². The van der Waals surface area contributed by atoms with Gasteiger partial charge in [-0.15, -0.1) is 0 Å². The molecule has 0 spiro atoms. The van der Waals surface area contributed by atoms with E-state index in [0.29, 0.717) is 5.56 Å². The second-order valence-electron chi connectivity index (χ2n) is 7.64. The first kappa shape index (κ1) is 21.2. The highest BCUT2D eigenvalue weighted by atomic mass is 16.4. The molecule has 1 atom stereocenters. The average molecular weight is 382 g/mol. The molecular formula is C22H26N2O4. The van der Waals surface area contributed by atoms with E-state index in [2.05, 4.69) is 10.6 Å². The van der Waals surface area contributed by atoms with Crippen molar-refractivity contribution in [2.45, 2.75) is 45.2 Å². The molecular weight excluding hydrogens is 356 g/mol. The average Bonchev–Trinajstić information content (AvgIpc) is 2.64. The van der Waals surface area contributed by atoms with Gasteiger partial charge in [0.2, 0.25) is 5.91 Å². The van der Waals surface area contributed by atoms with Gasteiger partial charge in [0.25, 0.3) is 5.91 Å². The van der Waals surface area contributed by atoms with Crippen LogP contribution in [0.1, 0.15) is 44.0 Å². The minimum absolute atomic E-state index is 0.0189. The normalized spacial score (nSPS) is 12.1. The second kappa shape index (κ2) is 9.17. The first-order valence-electron chi connectivity index (χ1n) is 9.16. The van der Waals surface area contributed by atoms with Gasteiger partial charge < -0.3 is 15.7 Å². The number of carbonyl (C=O) groups is 3. The fourth-order valence-corrected chi connectivity index (χ4v) is 2.68. The van der Waals surface area contributed by atoms with Crippen LogP contribution in [0, 0.1) is 0 Å². The number of benzene rings is 2. The van der Waals surface area contributed by atoms with Crippen molar-refractivity contribution in [1.82, 2.24) is 10.6 Å². The van der Waals surface area contributed by atoms with Gasteiger partial charge in [-0.1, -0.05) is 42.5 Å². The lowest BCUT2D eigenvalue weighted by Crippen LogP contribution is -2.52. The number of carboxylic acid groups (broad SMARTS) is 1. The molecule has 0 bridgehead atoms. The quantitative estimate of drug-likeness (QED) is 0.685. The molecule has 0 fully saturated rings. The van der Waals surface area contributed by atoms with Gasteiger partial charge in [-0.05, 0) is 50.5 Å². The molecule has 2 aromatic carbocycles. The summed E-state index contributed by atoms with van der Waals surface area (Å²) >= 11 is 0. The molecule has 0 aliphatic carbocycles. The molecule has 6 heteroatoms. The minimum atomic E-state index is -1.02. The van der Waals surface area contributed by atoms with Crippen LogP contribution in [0.25, 0.3) is 11.1 Å². The fraction of sp³-hybridized carbons (Fsp3) is 0.318. The summed E-state index contributed by atoms with van der Waals surface area (Å²) in [5.41, 5.74) is 1.94. The van der Waals surface area contributed by atoms with E-state index in [1.165, 1.54) is 0 Å². The molecule has 0 aliphatic heterocycles. The van der Waals surface area contributed by atoms with Gasteiger partial charge in [-0.25, -0.2) is 0 Å². The van der Waals surface area contributed by atoms with Gasteiger partial charge in [0.05, 0.1) is 0 Å². The Morgan fingerprint density at radius 3 is 2.04 bits per heavy atom. The van der Waals surface area contributed by atoms with Crippen molar-refractivity contribution in [2.75, 3.05) is 0 Å². The summed E-state index contributed by atoms with van der Waals surface area (Å²) in [5.74, 6) is -1.84. The van der Waals surface area contributed by atoms with E-state index in [0.717, 1.165) is 11.1 Å². The highest BCUT2D eigenvalue weighted by molar-refractivity contribution is 5.98. The molecule has 6 nitrogen and oxygen atoms in total. The smallest absolute Gasteiger partial charge is 0.303 e. The van der Waals surface area contributed by atoms with E-state index < -0.39 is 29.4 Å². The van der Waals surface area contributed by atoms with Crippen LogP contribution in [0.3, 0.4) is 0 Å². The number of amides is 2. The van der Waals surface area contributed by atoms with Gasteiger partial charge in [-0.3, -0.25) is 14.4 Å². The standard InChI is InChI=1S/C22H26N2O4/c1-22(2,3)24-21(28)18(13-14-19(25)26)23-20(27)17-11-9-16(10-12-17)15-7-5-4-6-8-15/h4-12,18H,13-14H2,1-3H3,(H,23,27)(H,24,28)(H,25,26)/t18-/m0/s1. The largest absolute Gasteiger partial charge is 0.481 e. The van der Waals surface area contributed by atoms with Crippen LogP contribution in [-0.4, -0.2) is 34.5 Å². The van der Waals surface area contributed by atoms with Gasteiger partial charge >= 0.3 is 5.97 Å². The van der Waals surface area contributed by atoms with Crippen LogP contribution in [0.5, 0.6) is 0 Å². The number of carbonyl (C=O) groups excluding carboxylic acids is 2. The molecule has 0 unspecified atom stereocenters. The third kappa shape index (κ3) is 6.54. The number of carboxylic acids is 1. The molecule has 2 rings (SSSR count). The Labute approximate surface area is 165 Å². The summed E-state index contributed by atoms with van der Waals surface area (Å²) in [6.07, 6.45) is -0.194. The predicted molar refractivity (Wildman–Crippen MR) is 108 cm³/mol. The van der Waals surface area contributed by atoms with Crippen LogP contribution in [0.4, 0.5) is 0 Å². The van der Waals surface area contributed by atoms with E-state index in [4.69, 9.17) is 5.11 Å². The summed E-state index contributed by atoms with van der Waals surface area (Å²) in [5, 5.41) is 14.4. The van der Waals surface area contributed by atoms with E-state index in [-0.39, 0.29) is 12.8 Å². The SMILES string of the molecule is CC(C)(C)NC(=O)[C@H](CCC(=O)O)NC(=O)c1ccc(-c2ccccc2)cc1. The summed E-state index contributed by atoms with van der Waals surface area (Å²) < 4.78 is 0. The first-order valence-corrected chi connectivity index (χ1v) is 9.16. The lowest BCUT2D eigenvalue weighted by Gasteiger charge is -2.25. The maximum absolute atomic E-state index is 12.6. The minimum Gasteiger partial charge on any atom is -0.481 e. The monoisotopic (exact) mass is 382 g/mol. The van der Waals surface area contributed by atoms with Crippen molar-refractivity contribution in [2.24, 2.45) is 0 Å². The van der Waals surface area contributed by atoms with Crippen LogP contribution >= 0.6 is 0 Å². The van der Waals surface area contributed by atoms with E-state index in [1.54, 1.807) is 12.1 Å². The molecule has 28 heavy (non-hydrogen) atoms. The summed E-state index contributed by atoms with van der Waals surface area (Å²) in [7, 11) is 0. The molecule has 0 saturated heterocycles. The highest BCUT2D eigenvalue weighted by Gasteiger charge is 2.25. The number of hydrogen-bond acceptors (Lipinski definition) is 3. The number of rotatable bonds is 7. The first-order chi connectivity index (χ1) is 13.2. The van der Waals surface area contributed by atoms with Crippen molar-refractivity contribution in [3.63, 3.8) is 0 Å². The second-order valence-corrected chi connectivity index (χ2v) is 7.64.